The van der Waals surface area contributed by atoms with Gasteiger partial charge in [0.1, 0.15) is 0 Å². The fourth-order valence-corrected chi connectivity index (χ4v) is 1.61. The number of benzene rings is 1. The molecule has 1 amide bonds. The molecule has 6 nitrogen and oxygen atoms in total. The number of carbonyl (C=O) groups excluding carboxylic acids is 1. The summed E-state index contributed by atoms with van der Waals surface area (Å²) in [5, 5.41) is 7.84. The summed E-state index contributed by atoms with van der Waals surface area (Å²) in [4.78, 5) is 12.8. The van der Waals surface area contributed by atoms with Gasteiger partial charge in [-0.2, -0.15) is 0 Å². The molecule has 94 valence electrons. The topological polar surface area (TPSA) is 92.5 Å². The number of hydrogen-bond acceptors (Lipinski definition) is 4. The van der Waals surface area contributed by atoms with Gasteiger partial charge in [0.25, 0.3) is 0 Å². The summed E-state index contributed by atoms with van der Waals surface area (Å²) >= 11 is 0. The van der Waals surface area contributed by atoms with E-state index in [-0.39, 0.29) is 17.3 Å². The molecule has 0 unspecified atom stereocenters. The lowest BCUT2D eigenvalue weighted by Gasteiger charge is -2.11. The molecule has 0 radical (unpaired) electrons. The van der Waals surface area contributed by atoms with Gasteiger partial charge in [-0.05, 0) is 24.3 Å². The number of likely N-dealkylation sites (N-methyl/N-ethyl adjacent to an activating group) is 1. The van der Waals surface area contributed by atoms with Gasteiger partial charge in [0.2, 0.25) is 15.9 Å². The first-order chi connectivity index (χ1) is 7.80. The van der Waals surface area contributed by atoms with Crippen molar-refractivity contribution < 1.29 is 13.2 Å². The lowest BCUT2D eigenvalue weighted by atomic mass is 10.3. The number of rotatable bonds is 4. The largest absolute Gasteiger partial charge is 0.376 e. The molecule has 0 spiro atoms. The Morgan fingerprint density at radius 2 is 1.82 bits per heavy atom. The van der Waals surface area contributed by atoms with Gasteiger partial charge in [-0.15, -0.1) is 0 Å². The van der Waals surface area contributed by atoms with E-state index in [0.29, 0.717) is 5.69 Å². The lowest BCUT2D eigenvalue weighted by Crippen LogP contribution is -2.28. The van der Waals surface area contributed by atoms with Gasteiger partial charge in [-0.3, -0.25) is 4.79 Å². The van der Waals surface area contributed by atoms with E-state index in [4.69, 9.17) is 5.14 Å². The number of sulfonamides is 1. The molecule has 7 heteroatoms. The van der Waals surface area contributed by atoms with Gasteiger partial charge in [-0.25, -0.2) is 13.6 Å². The minimum Gasteiger partial charge on any atom is -0.376 e. The van der Waals surface area contributed by atoms with Crippen molar-refractivity contribution in [3.8, 4) is 0 Å². The monoisotopic (exact) mass is 257 g/mol. The number of nitrogens with one attached hydrogen (secondary N) is 1. The summed E-state index contributed by atoms with van der Waals surface area (Å²) in [5.74, 6) is -0.0690. The number of nitrogens with two attached hydrogens (primary N) is 1. The molecule has 1 rings (SSSR count). The maximum Gasteiger partial charge on any atom is 0.241 e. The molecule has 0 heterocycles. The van der Waals surface area contributed by atoms with Crippen LogP contribution in [0.3, 0.4) is 0 Å². The molecule has 0 atom stereocenters. The molecular formula is C10H15N3O3S. The van der Waals surface area contributed by atoms with Crippen LogP contribution in [-0.4, -0.2) is 39.9 Å². The number of hydrogen-bond donors (Lipinski definition) is 2. The van der Waals surface area contributed by atoms with Gasteiger partial charge >= 0.3 is 0 Å². The van der Waals surface area contributed by atoms with Crippen LogP contribution in [0.25, 0.3) is 0 Å². The summed E-state index contributed by atoms with van der Waals surface area (Å²) in [6.45, 7) is 0.154. The molecule has 0 saturated carbocycles. The van der Waals surface area contributed by atoms with Crippen LogP contribution < -0.4 is 10.5 Å². The van der Waals surface area contributed by atoms with Crippen LogP contribution in [0.1, 0.15) is 0 Å². The van der Waals surface area contributed by atoms with E-state index in [9.17, 15) is 13.2 Å². The van der Waals surface area contributed by atoms with Crippen molar-refractivity contribution in [2.24, 2.45) is 5.14 Å². The van der Waals surface area contributed by atoms with Crippen molar-refractivity contribution in [2.75, 3.05) is 26.0 Å². The highest BCUT2D eigenvalue weighted by atomic mass is 32.2. The second kappa shape index (κ2) is 5.15. The Bertz CT molecular complexity index is 494. The van der Waals surface area contributed by atoms with Gasteiger partial charge in [0, 0.05) is 19.8 Å². The zero-order valence-corrected chi connectivity index (χ0v) is 10.5. The molecule has 0 fully saturated rings. The summed E-state index contributed by atoms with van der Waals surface area (Å²) < 4.78 is 22.0. The SMILES string of the molecule is CN(C)C(=O)CNc1ccc(S(N)(=O)=O)cc1. The highest BCUT2D eigenvalue weighted by molar-refractivity contribution is 7.89. The highest BCUT2D eigenvalue weighted by Gasteiger charge is 2.07. The van der Waals surface area contributed by atoms with E-state index in [1.165, 1.54) is 17.0 Å². The molecular weight excluding hydrogens is 242 g/mol. The first-order valence-corrected chi connectivity index (χ1v) is 6.42. The second-order valence-corrected chi connectivity index (χ2v) is 5.27. The Hall–Kier alpha value is -1.60. The quantitative estimate of drug-likeness (QED) is 0.783. The second-order valence-electron chi connectivity index (χ2n) is 3.71. The third kappa shape index (κ3) is 4.04. The van der Waals surface area contributed by atoms with Gasteiger partial charge in [0.15, 0.2) is 0 Å². The average Bonchev–Trinajstić information content (AvgIpc) is 2.25. The van der Waals surface area contributed by atoms with Crippen LogP contribution in [0.4, 0.5) is 5.69 Å². The number of amides is 1. The van der Waals surface area contributed by atoms with Gasteiger partial charge < -0.3 is 10.2 Å². The Morgan fingerprint density at radius 3 is 2.24 bits per heavy atom. The average molecular weight is 257 g/mol. The van der Waals surface area contributed by atoms with Crippen LogP contribution in [0, 0.1) is 0 Å². The van der Waals surface area contributed by atoms with E-state index in [0.717, 1.165) is 0 Å². The third-order valence-electron chi connectivity index (χ3n) is 2.13. The normalized spacial score (nSPS) is 11.0. The van der Waals surface area contributed by atoms with Crippen molar-refractivity contribution in [1.82, 2.24) is 4.90 Å². The number of anilines is 1. The molecule has 0 bridgehead atoms. The minimum absolute atomic E-state index is 0.0435. The molecule has 1 aromatic rings. The maximum atomic E-state index is 11.3. The predicted octanol–water partition coefficient (Wildman–Crippen LogP) is -0.166. The highest BCUT2D eigenvalue weighted by Crippen LogP contribution is 2.12. The lowest BCUT2D eigenvalue weighted by molar-refractivity contribution is -0.126. The zero-order valence-electron chi connectivity index (χ0n) is 9.67. The van der Waals surface area contributed by atoms with Crippen molar-refractivity contribution in [3.05, 3.63) is 24.3 Å². The standard InChI is InChI=1S/C10H15N3O3S/c1-13(2)10(14)7-12-8-3-5-9(6-4-8)17(11,15)16/h3-6,12H,7H2,1-2H3,(H2,11,15,16). The van der Waals surface area contributed by atoms with E-state index in [1.807, 2.05) is 0 Å². The van der Waals surface area contributed by atoms with Crippen molar-refractivity contribution in [2.45, 2.75) is 4.90 Å². The van der Waals surface area contributed by atoms with E-state index < -0.39 is 10.0 Å². The van der Waals surface area contributed by atoms with Gasteiger partial charge in [0.05, 0.1) is 11.4 Å². The first-order valence-electron chi connectivity index (χ1n) is 4.87. The Morgan fingerprint density at radius 1 is 1.29 bits per heavy atom. The van der Waals surface area contributed by atoms with E-state index in [2.05, 4.69) is 5.32 Å². The molecule has 0 aliphatic rings. The minimum atomic E-state index is -3.67. The first kappa shape index (κ1) is 13.5. The Kier molecular flexibility index (Phi) is 4.08. The van der Waals surface area contributed by atoms with Gasteiger partial charge in [-0.1, -0.05) is 0 Å². The number of carbonyl (C=O) groups is 1. The Balaban J connectivity index is 2.67. The van der Waals surface area contributed by atoms with Crippen LogP contribution in [0.2, 0.25) is 0 Å². The van der Waals surface area contributed by atoms with Crippen LogP contribution >= 0.6 is 0 Å². The van der Waals surface area contributed by atoms with Crippen LogP contribution in [0.15, 0.2) is 29.2 Å². The molecule has 0 aliphatic heterocycles. The third-order valence-corrected chi connectivity index (χ3v) is 3.05. The fraction of sp³-hybridized carbons (Fsp3) is 0.300. The van der Waals surface area contributed by atoms with Crippen molar-refractivity contribution in [1.29, 1.82) is 0 Å². The number of nitrogens with zero attached hydrogens (tertiary/aromatic N) is 1. The Labute approximate surface area is 100 Å². The summed E-state index contributed by atoms with van der Waals surface area (Å²) in [6.07, 6.45) is 0. The summed E-state index contributed by atoms with van der Waals surface area (Å²) in [7, 11) is -0.346. The molecule has 1 aromatic carbocycles. The molecule has 17 heavy (non-hydrogen) atoms. The predicted molar refractivity (Wildman–Crippen MR) is 65.0 cm³/mol. The zero-order chi connectivity index (χ0) is 13.1. The van der Waals surface area contributed by atoms with E-state index >= 15 is 0 Å². The number of primary sulfonamides is 1. The molecule has 0 saturated heterocycles. The molecule has 0 aliphatic carbocycles. The van der Waals surface area contributed by atoms with E-state index in [1.54, 1.807) is 26.2 Å². The maximum absolute atomic E-state index is 11.3. The van der Waals surface area contributed by atoms with Crippen molar-refractivity contribution in [3.63, 3.8) is 0 Å². The molecule has 0 aromatic heterocycles. The van der Waals surface area contributed by atoms with Crippen LogP contribution in [-0.2, 0) is 14.8 Å². The van der Waals surface area contributed by atoms with Crippen molar-refractivity contribution >= 4 is 21.6 Å². The fourth-order valence-electron chi connectivity index (χ4n) is 1.10. The summed E-state index contributed by atoms with van der Waals surface area (Å²) in [5.41, 5.74) is 0.660. The summed E-state index contributed by atoms with van der Waals surface area (Å²) in [6, 6.07) is 5.89. The molecule has 3 N–H and O–H groups in total. The van der Waals surface area contributed by atoms with Crippen LogP contribution in [0.5, 0.6) is 0 Å². The smallest absolute Gasteiger partial charge is 0.241 e.